The Labute approximate surface area is 149 Å². The van der Waals surface area contributed by atoms with Crippen molar-refractivity contribution < 1.29 is 4.79 Å². The Hall–Kier alpha value is -3.10. The molecule has 9 heteroatoms. The summed E-state index contributed by atoms with van der Waals surface area (Å²) in [5.74, 6) is 0.145. The zero-order valence-corrected chi connectivity index (χ0v) is 14.2. The molecule has 1 amide bonds. The average molecular weight is 353 g/mol. The molecule has 0 aliphatic carbocycles. The lowest BCUT2D eigenvalue weighted by molar-refractivity contribution is -0.122. The molecule has 3 heterocycles. The van der Waals surface area contributed by atoms with E-state index in [0.29, 0.717) is 24.3 Å². The van der Waals surface area contributed by atoms with Crippen LogP contribution in [0, 0.1) is 0 Å². The van der Waals surface area contributed by atoms with Crippen molar-refractivity contribution >= 4 is 16.7 Å². The number of carbonyl (C=O) groups excluding carboxylic acids is 1. The van der Waals surface area contributed by atoms with E-state index >= 15 is 0 Å². The van der Waals surface area contributed by atoms with Crippen molar-refractivity contribution in [3.05, 3.63) is 46.6 Å². The maximum Gasteiger partial charge on any atom is 0.274 e. The van der Waals surface area contributed by atoms with Gasteiger partial charge in [-0.15, -0.1) is 5.10 Å². The van der Waals surface area contributed by atoms with Gasteiger partial charge in [-0.1, -0.05) is 24.6 Å². The molecule has 1 aromatic carbocycles. The van der Waals surface area contributed by atoms with Crippen molar-refractivity contribution in [3.8, 4) is 0 Å². The zero-order valence-electron chi connectivity index (χ0n) is 14.2. The lowest BCUT2D eigenvalue weighted by atomic mass is 10.0. The largest absolute Gasteiger partial charge is 0.354 e. The minimum Gasteiger partial charge on any atom is -0.354 e. The van der Waals surface area contributed by atoms with Gasteiger partial charge in [0.05, 0.1) is 24.0 Å². The summed E-state index contributed by atoms with van der Waals surface area (Å²) in [6.45, 7) is 1.37. The monoisotopic (exact) mass is 353 g/mol. The molecule has 1 N–H and O–H groups in total. The van der Waals surface area contributed by atoms with Crippen LogP contribution >= 0.6 is 0 Å². The van der Waals surface area contributed by atoms with Crippen LogP contribution in [-0.4, -0.2) is 42.4 Å². The van der Waals surface area contributed by atoms with Crippen molar-refractivity contribution in [2.45, 2.75) is 38.3 Å². The number of tetrazole rings is 1. The number of amides is 1. The SMILES string of the molecule is O=C(NCCn1ncc2ccccc2c1=O)C1CCCCn2nnnc21. The second kappa shape index (κ2) is 7.03. The molecule has 0 fully saturated rings. The normalized spacial score (nSPS) is 16.8. The Kier molecular flexibility index (Phi) is 4.42. The van der Waals surface area contributed by atoms with Gasteiger partial charge in [-0.2, -0.15) is 5.10 Å². The van der Waals surface area contributed by atoms with E-state index in [1.807, 2.05) is 18.2 Å². The number of rotatable bonds is 4. The van der Waals surface area contributed by atoms with Crippen molar-refractivity contribution in [3.63, 3.8) is 0 Å². The number of nitrogens with one attached hydrogen (secondary N) is 1. The number of carbonyl (C=O) groups is 1. The highest BCUT2D eigenvalue weighted by molar-refractivity contribution is 5.82. The van der Waals surface area contributed by atoms with Crippen LogP contribution in [0.4, 0.5) is 0 Å². The number of aryl methyl sites for hydroxylation is 1. The predicted octanol–water partition coefficient (Wildman–Crippen LogP) is 0.467. The van der Waals surface area contributed by atoms with Gasteiger partial charge in [0.25, 0.3) is 5.56 Å². The summed E-state index contributed by atoms with van der Waals surface area (Å²) in [5, 5.41) is 20.1. The van der Waals surface area contributed by atoms with Gasteiger partial charge in [-0.3, -0.25) is 9.59 Å². The van der Waals surface area contributed by atoms with E-state index in [9.17, 15) is 9.59 Å². The molecule has 134 valence electrons. The van der Waals surface area contributed by atoms with Crippen LogP contribution in [0.25, 0.3) is 10.8 Å². The third kappa shape index (κ3) is 3.07. The van der Waals surface area contributed by atoms with Crippen LogP contribution in [0.5, 0.6) is 0 Å². The molecule has 1 unspecified atom stereocenters. The quantitative estimate of drug-likeness (QED) is 0.730. The van der Waals surface area contributed by atoms with Gasteiger partial charge in [0.15, 0.2) is 5.82 Å². The minimum absolute atomic E-state index is 0.114. The van der Waals surface area contributed by atoms with Gasteiger partial charge < -0.3 is 5.32 Å². The second-order valence-electron chi connectivity index (χ2n) is 6.36. The van der Waals surface area contributed by atoms with Crippen molar-refractivity contribution in [1.82, 2.24) is 35.3 Å². The second-order valence-corrected chi connectivity index (χ2v) is 6.36. The molecule has 1 aliphatic heterocycles. The molecule has 26 heavy (non-hydrogen) atoms. The highest BCUT2D eigenvalue weighted by Gasteiger charge is 2.28. The van der Waals surface area contributed by atoms with Gasteiger partial charge in [0, 0.05) is 18.5 Å². The fourth-order valence-electron chi connectivity index (χ4n) is 3.30. The lowest BCUT2D eigenvalue weighted by Crippen LogP contribution is -2.35. The standard InChI is InChI=1S/C17H19N7O2/c25-16(14-7-3-4-9-23-15(14)20-21-22-23)18-8-10-24-17(26)13-6-2-1-5-12(13)11-19-24/h1-2,5-6,11,14H,3-4,7-10H2,(H,18,25). The van der Waals surface area contributed by atoms with Crippen LogP contribution in [0.3, 0.4) is 0 Å². The van der Waals surface area contributed by atoms with Gasteiger partial charge >= 0.3 is 0 Å². The van der Waals surface area contributed by atoms with E-state index in [0.717, 1.165) is 31.2 Å². The van der Waals surface area contributed by atoms with E-state index in [1.54, 1.807) is 16.9 Å². The first kappa shape index (κ1) is 16.4. The van der Waals surface area contributed by atoms with Crippen LogP contribution in [0.15, 0.2) is 35.3 Å². The Balaban J connectivity index is 1.43. The Bertz CT molecular complexity index is 994. The van der Waals surface area contributed by atoms with Gasteiger partial charge in [0.1, 0.15) is 0 Å². The molecular formula is C17H19N7O2. The number of hydrogen-bond donors (Lipinski definition) is 1. The maximum atomic E-state index is 12.6. The molecule has 0 bridgehead atoms. The molecule has 9 nitrogen and oxygen atoms in total. The van der Waals surface area contributed by atoms with Crippen molar-refractivity contribution in [2.75, 3.05) is 6.54 Å². The van der Waals surface area contributed by atoms with Crippen LogP contribution in [0.2, 0.25) is 0 Å². The molecule has 0 radical (unpaired) electrons. The van der Waals surface area contributed by atoms with Crippen molar-refractivity contribution in [2.24, 2.45) is 0 Å². The first-order chi connectivity index (χ1) is 12.7. The number of nitrogens with zero attached hydrogens (tertiary/aromatic N) is 6. The smallest absolute Gasteiger partial charge is 0.274 e. The minimum atomic E-state index is -0.353. The van der Waals surface area contributed by atoms with Crippen LogP contribution < -0.4 is 10.9 Å². The Morgan fingerprint density at radius 1 is 1.27 bits per heavy atom. The third-order valence-corrected chi connectivity index (χ3v) is 4.69. The summed E-state index contributed by atoms with van der Waals surface area (Å²) < 4.78 is 3.08. The predicted molar refractivity (Wildman–Crippen MR) is 93.4 cm³/mol. The maximum absolute atomic E-state index is 12.6. The summed E-state index contributed by atoms with van der Waals surface area (Å²) in [7, 11) is 0. The zero-order chi connectivity index (χ0) is 17.9. The van der Waals surface area contributed by atoms with E-state index in [2.05, 4.69) is 25.9 Å². The third-order valence-electron chi connectivity index (χ3n) is 4.69. The number of hydrogen-bond acceptors (Lipinski definition) is 6. The van der Waals surface area contributed by atoms with E-state index in [1.165, 1.54) is 4.68 Å². The summed E-state index contributed by atoms with van der Waals surface area (Å²) in [5.41, 5.74) is -0.157. The summed E-state index contributed by atoms with van der Waals surface area (Å²) in [6, 6.07) is 7.33. The molecule has 0 spiro atoms. The Morgan fingerprint density at radius 3 is 3.08 bits per heavy atom. The number of benzene rings is 1. The van der Waals surface area contributed by atoms with Crippen molar-refractivity contribution in [1.29, 1.82) is 0 Å². The fraction of sp³-hybridized carbons (Fsp3) is 0.412. The molecule has 4 rings (SSSR count). The first-order valence-electron chi connectivity index (χ1n) is 8.72. The molecule has 1 atom stereocenters. The Morgan fingerprint density at radius 2 is 2.15 bits per heavy atom. The van der Waals surface area contributed by atoms with Gasteiger partial charge in [-0.05, 0) is 29.3 Å². The van der Waals surface area contributed by atoms with E-state index in [-0.39, 0.29) is 17.4 Å². The average Bonchev–Trinajstić information content (AvgIpc) is 3.03. The summed E-state index contributed by atoms with van der Waals surface area (Å²) in [6.07, 6.45) is 4.28. The van der Waals surface area contributed by atoms with E-state index < -0.39 is 0 Å². The van der Waals surface area contributed by atoms with Gasteiger partial charge in [0.2, 0.25) is 5.91 Å². The molecule has 0 saturated carbocycles. The molecule has 0 saturated heterocycles. The molecule has 1 aliphatic rings. The molecular weight excluding hydrogens is 334 g/mol. The van der Waals surface area contributed by atoms with E-state index in [4.69, 9.17) is 0 Å². The number of fused-ring (bicyclic) bond motifs is 2. The van der Waals surface area contributed by atoms with Gasteiger partial charge in [-0.25, -0.2) is 9.36 Å². The number of aromatic nitrogens is 6. The highest BCUT2D eigenvalue weighted by Crippen LogP contribution is 2.23. The highest BCUT2D eigenvalue weighted by atomic mass is 16.2. The molecule has 2 aromatic heterocycles. The first-order valence-corrected chi connectivity index (χ1v) is 8.72. The van der Waals surface area contributed by atoms with Crippen LogP contribution in [-0.2, 0) is 17.9 Å². The molecule has 3 aromatic rings. The summed E-state index contributed by atoms with van der Waals surface area (Å²) in [4.78, 5) is 25.0. The van der Waals surface area contributed by atoms with Crippen LogP contribution in [0.1, 0.15) is 31.0 Å². The summed E-state index contributed by atoms with van der Waals surface area (Å²) >= 11 is 0. The lowest BCUT2D eigenvalue weighted by Gasteiger charge is -2.13. The fourth-order valence-corrected chi connectivity index (χ4v) is 3.30. The topological polar surface area (TPSA) is 108 Å².